The van der Waals surface area contributed by atoms with Crippen LogP contribution in [-0.4, -0.2) is 34.6 Å². The number of rotatable bonds is 4. The number of benzene rings is 1. The van der Waals surface area contributed by atoms with Crippen LogP contribution in [0.3, 0.4) is 0 Å². The van der Waals surface area contributed by atoms with E-state index < -0.39 is 0 Å². The van der Waals surface area contributed by atoms with E-state index in [-0.39, 0.29) is 11.3 Å². The Balaban J connectivity index is 1.94. The predicted octanol–water partition coefficient (Wildman–Crippen LogP) is 3.09. The van der Waals surface area contributed by atoms with Gasteiger partial charge >= 0.3 is 0 Å². The fourth-order valence-electron chi connectivity index (χ4n) is 2.42. The molecule has 1 unspecified atom stereocenters. The molecule has 0 N–H and O–H groups in total. The molecule has 1 heterocycles. The highest BCUT2D eigenvalue weighted by Gasteiger charge is 2.39. The third-order valence-electron chi connectivity index (χ3n) is 3.42. The smallest absolute Gasteiger partial charge is 0.223 e. The number of thiocarbonyl (C=S) groups is 1. The van der Waals surface area contributed by atoms with E-state index in [2.05, 4.69) is 19.1 Å². The van der Waals surface area contributed by atoms with Gasteiger partial charge in [-0.15, -0.1) is 0 Å². The van der Waals surface area contributed by atoms with Crippen molar-refractivity contribution in [1.29, 1.82) is 0 Å². The molecule has 0 spiro atoms. The standard InChI is InChI=1S/C15H19NO2S2/c1-15(11-20-14(19)18-2)8-13(17)16(10-15)9-12-6-4-3-5-7-12/h3-7H,8-11H2,1-2H3. The summed E-state index contributed by atoms with van der Waals surface area (Å²) < 4.78 is 5.54. The molecule has 2 rings (SSSR count). The fraction of sp³-hybridized carbons (Fsp3) is 0.467. The van der Waals surface area contributed by atoms with Gasteiger partial charge in [0.25, 0.3) is 0 Å². The third-order valence-corrected chi connectivity index (χ3v) is 5.19. The van der Waals surface area contributed by atoms with Crippen molar-refractivity contribution in [3.05, 3.63) is 35.9 Å². The number of hydrogen-bond donors (Lipinski definition) is 0. The maximum atomic E-state index is 12.2. The van der Waals surface area contributed by atoms with Crippen molar-refractivity contribution >= 4 is 34.3 Å². The summed E-state index contributed by atoms with van der Waals surface area (Å²) in [6.45, 7) is 3.61. The first-order valence-corrected chi connectivity index (χ1v) is 7.94. The molecule has 1 atom stereocenters. The van der Waals surface area contributed by atoms with Gasteiger partial charge in [0, 0.05) is 30.7 Å². The van der Waals surface area contributed by atoms with Gasteiger partial charge < -0.3 is 9.64 Å². The number of thioether (sulfide) groups is 1. The van der Waals surface area contributed by atoms with Crippen LogP contribution in [0.5, 0.6) is 0 Å². The second kappa shape index (κ2) is 6.59. The Morgan fingerprint density at radius 2 is 2.15 bits per heavy atom. The molecule has 1 saturated heterocycles. The molecule has 0 radical (unpaired) electrons. The van der Waals surface area contributed by atoms with E-state index in [1.165, 1.54) is 17.3 Å². The van der Waals surface area contributed by atoms with Crippen LogP contribution >= 0.6 is 24.0 Å². The molecule has 0 aliphatic carbocycles. The molecule has 3 nitrogen and oxygen atoms in total. The molecular formula is C15H19NO2S2. The molecule has 0 bridgehead atoms. The first-order valence-electron chi connectivity index (χ1n) is 6.55. The van der Waals surface area contributed by atoms with E-state index >= 15 is 0 Å². The molecule has 1 aliphatic rings. The van der Waals surface area contributed by atoms with Gasteiger partial charge in [0.2, 0.25) is 10.3 Å². The third kappa shape index (κ3) is 3.96. The second-order valence-electron chi connectivity index (χ2n) is 5.47. The summed E-state index contributed by atoms with van der Waals surface area (Å²) in [5.41, 5.74) is 1.14. The molecule has 20 heavy (non-hydrogen) atoms. The summed E-state index contributed by atoms with van der Waals surface area (Å²) in [5.74, 6) is 1.04. The zero-order chi connectivity index (χ0) is 14.6. The molecule has 1 aromatic carbocycles. The summed E-state index contributed by atoms with van der Waals surface area (Å²) in [7, 11) is 1.58. The molecule has 0 saturated carbocycles. The lowest BCUT2D eigenvalue weighted by Gasteiger charge is -2.23. The number of ether oxygens (including phenoxy) is 1. The van der Waals surface area contributed by atoms with Crippen molar-refractivity contribution in [3.8, 4) is 0 Å². The van der Waals surface area contributed by atoms with E-state index in [9.17, 15) is 4.79 Å². The highest BCUT2D eigenvalue weighted by Crippen LogP contribution is 2.35. The maximum Gasteiger partial charge on any atom is 0.223 e. The molecule has 5 heteroatoms. The number of carbonyl (C=O) groups excluding carboxylic acids is 1. The molecule has 0 aromatic heterocycles. The van der Waals surface area contributed by atoms with Crippen molar-refractivity contribution in [2.24, 2.45) is 5.41 Å². The number of likely N-dealkylation sites (tertiary alicyclic amines) is 1. The predicted molar refractivity (Wildman–Crippen MR) is 86.6 cm³/mol. The maximum absolute atomic E-state index is 12.2. The van der Waals surface area contributed by atoms with E-state index in [0.29, 0.717) is 17.3 Å². The Bertz CT molecular complexity index is 492. The Morgan fingerprint density at radius 1 is 1.45 bits per heavy atom. The average molecular weight is 309 g/mol. The molecule has 1 amide bonds. The van der Waals surface area contributed by atoms with Gasteiger partial charge in [-0.1, -0.05) is 49.0 Å². The lowest BCUT2D eigenvalue weighted by Crippen LogP contribution is -2.28. The van der Waals surface area contributed by atoms with Crippen LogP contribution in [0, 0.1) is 5.41 Å². The SMILES string of the molecule is COC(=S)SCC1(C)CC(=O)N(Cc2ccccc2)C1. The van der Waals surface area contributed by atoms with Crippen LogP contribution < -0.4 is 0 Å². The first-order chi connectivity index (χ1) is 9.52. The lowest BCUT2D eigenvalue weighted by molar-refractivity contribution is -0.128. The number of carbonyl (C=O) groups is 1. The number of methoxy groups -OCH3 is 1. The summed E-state index contributed by atoms with van der Waals surface area (Å²) in [6, 6.07) is 10.1. The van der Waals surface area contributed by atoms with Gasteiger partial charge in [-0.3, -0.25) is 4.79 Å². The van der Waals surface area contributed by atoms with Crippen LogP contribution in [-0.2, 0) is 16.1 Å². The zero-order valence-electron chi connectivity index (χ0n) is 11.8. The molecular weight excluding hydrogens is 290 g/mol. The van der Waals surface area contributed by atoms with E-state index in [1.807, 2.05) is 23.1 Å². The van der Waals surface area contributed by atoms with Crippen molar-refractivity contribution < 1.29 is 9.53 Å². The van der Waals surface area contributed by atoms with Crippen LogP contribution in [0.2, 0.25) is 0 Å². The highest BCUT2D eigenvalue weighted by atomic mass is 32.2. The van der Waals surface area contributed by atoms with Crippen LogP contribution in [0.4, 0.5) is 0 Å². The number of nitrogens with zero attached hydrogens (tertiary/aromatic N) is 1. The van der Waals surface area contributed by atoms with Crippen molar-refractivity contribution in [1.82, 2.24) is 4.90 Å². The van der Waals surface area contributed by atoms with Gasteiger partial charge in [0.15, 0.2) is 0 Å². The quantitative estimate of drug-likeness (QED) is 0.799. The van der Waals surface area contributed by atoms with Gasteiger partial charge in [0.1, 0.15) is 0 Å². The summed E-state index contributed by atoms with van der Waals surface area (Å²) >= 11 is 6.56. The van der Waals surface area contributed by atoms with Crippen LogP contribution in [0.15, 0.2) is 30.3 Å². The average Bonchev–Trinajstić information content (AvgIpc) is 2.72. The van der Waals surface area contributed by atoms with Gasteiger partial charge in [-0.25, -0.2) is 0 Å². The zero-order valence-corrected chi connectivity index (χ0v) is 13.4. The minimum absolute atomic E-state index is 0.0287. The molecule has 108 valence electrons. The van der Waals surface area contributed by atoms with Crippen molar-refractivity contribution in [2.45, 2.75) is 19.9 Å². The minimum atomic E-state index is -0.0287. The Hall–Kier alpha value is -1.07. The van der Waals surface area contributed by atoms with Gasteiger partial charge in [-0.2, -0.15) is 0 Å². The molecule has 1 aromatic rings. The summed E-state index contributed by atoms with van der Waals surface area (Å²) in [5, 5.41) is 0. The Kier molecular flexibility index (Phi) is 5.05. The van der Waals surface area contributed by atoms with Gasteiger partial charge in [0.05, 0.1) is 7.11 Å². The monoisotopic (exact) mass is 309 g/mol. The topological polar surface area (TPSA) is 29.5 Å². The number of hydrogen-bond acceptors (Lipinski definition) is 4. The second-order valence-corrected chi connectivity index (χ2v) is 7.04. The fourth-order valence-corrected chi connectivity index (χ4v) is 3.37. The van der Waals surface area contributed by atoms with E-state index in [0.717, 1.165) is 12.3 Å². The Labute approximate surface area is 129 Å². The summed E-state index contributed by atoms with van der Waals surface area (Å²) in [4.78, 5) is 14.1. The van der Waals surface area contributed by atoms with Crippen LogP contribution in [0.25, 0.3) is 0 Å². The lowest BCUT2D eigenvalue weighted by atomic mass is 9.92. The van der Waals surface area contributed by atoms with Crippen molar-refractivity contribution in [3.63, 3.8) is 0 Å². The molecule has 1 aliphatic heterocycles. The van der Waals surface area contributed by atoms with E-state index in [1.54, 1.807) is 7.11 Å². The normalized spacial score (nSPS) is 22.1. The molecule has 1 fully saturated rings. The van der Waals surface area contributed by atoms with E-state index in [4.69, 9.17) is 17.0 Å². The van der Waals surface area contributed by atoms with Crippen molar-refractivity contribution in [2.75, 3.05) is 19.4 Å². The first kappa shape index (κ1) is 15.3. The highest BCUT2D eigenvalue weighted by molar-refractivity contribution is 8.22. The van der Waals surface area contributed by atoms with Gasteiger partial charge in [-0.05, 0) is 17.8 Å². The Morgan fingerprint density at radius 3 is 2.80 bits per heavy atom. The summed E-state index contributed by atoms with van der Waals surface area (Å²) in [6.07, 6.45) is 0.583. The largest absolute Gasteiger partial charge is 0.482 e. The number of amides is 1. The minimum Gasteiger partial charge on any atom is -0.482 e. The van der Waals surface area contributed by atoms with Crippen LogP contribution in [0.1, 0.15) is 18.9 Å².